The van der Waals surface area contributed by atoms with Crippen molar-refractivity contribution in [2.24, 2.45) is 17.8 Å². The normalized spacial score (nSPS) is 24.8. The highest BCUT2D eigenvalue weighted by Gasteiger charge is 2.07. The molecule has 0 aromatic rings. The molecule has 0 unspecified atom stereocenters. The van der Waals surface area contributed by atoms with Crippen molar-refractivity contribution in [1.29, 1.82) is 0 Å². The second-order valence-electron chi connectivity index (χ2n) is 12.5. The molecule has 5 aliphatic carbocycles. The van der Waals surface area contributed by atoms with Gasteiger partial charge in [0, 0.05) is 0 Å². The maximum atomic E-state index is 2.36. The first-order valence-electron chi connectivity index (χ1n) is 16.2. The van der Waals surface area contributed by atoms with Crippen molar-refractivity contribution in [2.75, 3.05) is 0 Å². The Kier molecular flexibility index (Phi) is 22.3. The number of hydrogen-bond acceptors (Lipinski definition) is 0. The quantitative estimate of drug-likeness (QED) is 0.335. The van der Waals surface area contributed by atoms with Crippen molar-refractivity contribution in [1.82, 2.24) is 0 Å². The topological polar surface area (TPSA) is 0 Å². The first-order chi connectivity index (χ1) is 16.2. The van der Waals surface area contributed by atoms with Gasteiger partial charge in [0.15, 0.2) is 0 Å². The lowest BCUT2D eigenvalue weighted by atomic mass is 9.91. The Morgan fingerprint density at radius 2 is 0.333 bits per heavy atom. The van der Waals surface area contributed by atoms with E-state index in [-0.39, 0.29) is 0 Å². The molecule has 5 fully saturated rings. The van der Waals surface area contributed by atoms with Crippen LogP contribution in [0.15, 0.2) is 0 Å². The molecule has 0 bridgehead atoms. The molecular weight excluding hydrogens is 396 g/mol. The molecule has 33 heavy (non-hydrogen) atoms. The summed E-state index contributed by atoms with van der Waals surface area (Å²) in [7, 11) is 0. The fraction of sp³-hybridized carbons (Fsp3) is 1.00. The summed E-state index contributed by atoms with van der Waals surface area (Å²) in [5.74, 6) is 3.11. The predicted molar refractivity (Wildman–Crippen MR) is 152 cm³/mol. The van der Waals surface area contributed by atoms with Crippen LogP contribution in [0.25, 0.3) is 0 Å². The second kappa shape index (κ2) is 23.7. The molecule has 0 heteroatoms. The van der Waals surface area contributed by atoms with E-state index in [4.69, 9.17) is 0 Å². The molecule has 0 N–H and O–H groups in total. The van der Waals surface area contributed by atoms with E-state index in [1.807, 2.05) is 0 Å². The summed E-state index contributed by atoms with van der Waals surface area (Å²) in [4.78, 5) is 0. The minimum atomic E-state index is 1.04. The highest BCUT2D eigenvalue weighted by atomic mass is 14.1. The van der Waals surface area contributed by atoms with E-state index < -0.39 is 0 Å². The highest BCUT2D eigenvalue weighted by molar-refractivity contribution is 4.61. The lowest BCUT2D eigenvalue weighted by Crippen LogP contribution is -1.99. The molecule has 0 aromatic carbocycles. The van der Waals surface area contributed by atoms with Crippen LogP contribution in [0.1, 0.15) is 194 Å². The molecule has 5 saturated carbocycles. The number of hydrogen-bond donors (Lipinski definition) is 0. The van der Waals surface area contributed by atoms with E-state index in [9.17, 15) is 0 Å². The van der Waals surface area contributed by atoms with Crippen LogP contribution in [0.5, 0.6) is 0 Å². The summed E-state index contributed by atoms with van der Waals surface area (Å²) in [6.07, 6.45) is 40.3. The van der Waals surface area contributed by atoms with E-state index in [0.717, 1.165) is 17.8 Å². The molecule has 0 nitrogen and oxygen atoms in total. The van der Waals surface area contributed by atoms with Gasteiger partial charge in [0.1, 0.15) is 0 Å². The van der Waals surface area contributed by atoms with Crippen molar-refractivity contribution in [3.05, 3.63) is 0 Å². The first kappa shape index (κ1) is 31.0. The third kappa shape index (κ3) is 22.2. The summed E-state index contributed by atoms with van der Waals surface area (Å²) >= 11 is 0. The van der Waals surface area contributed by atoms with E-state index in [1.54, 1.807) is 0 Å². The zero-order valence-corrected chi connectivity index (χ0v) is 23.8. The largest absolute Gasteiger partial charge is 0.0625 e. The Balaban J connectivity index is 0.000000207. The van der Waals surface area contributed by atoms with Gasteiger partial charge < -0.3 is 0 Å². The molecular formula is C33H66. The summed E-state index contributed by atoms with van der Waals surface area (Å²) in [6.45, 7) is 7.08. The Bertz CT molecular complexity index is 273. The maximum absolute atomic E-state index is 2.36. The number of rotatable bonds is 0. The summed E-state index contributed by atoms with van der Waals surface area (Å²) in [6, 6.07) is 0. The second-order valence-corrected chi connectivity index (χ2v) is 12.5. The van der Waals surface area contributed by atoms with Crippen LogP contribution in [0.3, 0.4) is 0 Å². The van der Waals surface area contributed by atoms with Crippen LogP contribution in [0, 0.1) is 17.8 Å². The average molecular weight is 463 g/mol. The highest BCUT2D eigenvalue weighted by Crippen LogP contribution is 2.23. The van der Waals surface area contributed by atoms with E-state index in [2.05, 4.69) is 20.8 Å². The lowest BCUT2D eigenvalue weighted by molar-refractivity contribution is 0.385. The van der Waals surface area contributed by atoms with Gasteiger partial charge in [-0.05, 0) is 17.8 Å². The van der Waals surface area contributed by atoms with Crippen molar-refractivity contribution in [3.8, 4) is 0 Å². The smallest absolute Gasteiger partial charge is 0.0443 e. The Morgan fingerprint density at radius 1 is 0.212 bits per heavy atom. The SMILES string of the molecule is C1CCCCC1.C1CCCCC1.CC1CCCCC1.CC1CCCCC1.CC1CCCCC1. The van der Waals surface area contributed by atoms with Gasteiger partial charge in [-0.3, -0.25) is 0 Å². The zero-order valence-electron chi connectivity index (χ0n) is 23.8. The Morgan fingerprint density at radius 3 is 0.424 bits per heavy atom. The molecule has 5 rings (SSSR count). The maximum Gasteiger partial charge on any atom is -0.0443 e. The average Bonchev–Trinajstić information content (AvgIpc) is 2.89. The van der Waals surface area contributed by atoms with E-state index in [0.29, 0.717) is 0 Å². The van der Waals surface area contributed by atoms with Gasteiger partial charge >= 0.3 is 0 Å². The fourth-order valence-corrected chi connectivity index (χ4v) is 6.04. The third-order valence-electron chi connectivity index (χ3n) is 8.68. The van der Waals surface area contributed by atoms with Crippen LogP contribution in [0.2, 0.25) is 0 Å². The van der Waals surface area contributed by atoms with Crippen LogP contribution < -0.4 is 0 Å². The molecule has 198 valence electrons. The standard InChI is InChI=1S/3C7H14.2C6H12/c3*1-7-5-3-2-4-6-7;2*1-2-4-6-5-3-1/h3*7H,2-6H2,1H3;2*1-6H2. The van der Waals surface area contributed by atoms with Gasteiger partial charge in [0.05, 0.1) is 0 Å². The summed E-state index contributed by atoms with van der Waals surface area (Å²) in [5.41, 5.74) is 0. The van der Waals surface area contributed by atoms with Gasteiger partial charge in [-0.2, -0.15) is 0 Å². The Labute approximate surface area is 211 Å². The minimum absolute atomic E-state index is 1.04. The monoisotopic (exact) mass is 463 g/mol. The van der Waals surface area contributed by atoms with Crippen LogP contribution in [-0.2, 0) is 0 Å². The molecule has 0 radical (unpaired) electrons. The molecule has 5 aliphatic rings. The lowest BCUT2D eigenvalue weighted by Gasteiger charge is -2.15. The van der Waals surface area contributed by atoms with Crippen LogP contribution in [0.4, 0.5) is 0 Å². The van der Waals surface area contributed by atoms with Crippen molar-refractivity contribution in [2.45, 2.75) is 194 Å². The van der Waals surface area contributed by atoms with Gasteiger partial charge in [-0.1, -0.05) is 194 Å². The van der Waals surface area contributed by atoms with Gasteiger partial charge in [0.2, 0.25) is 0 Å². The fourth-order valence-electron chi connectivity index (χ4n) is 6.04. The van der Waals surface area contributed by atoms with Crippen molar-refractivity contribution >= 4 is 0 Å². The van der Waals surface area contributed by atoms with Crippen molar-refractivity contribution in [3.63, 3.8) is 0 Å². The molecule has 0 amide bonds. The van der Waals surface area contributed by atoms with Crippen molar-refractivity contribution < 1.29 is 0 Å². The first-order valence-corrected chi connectivity index (χ1v) is 16.2. The molecule has 0 spiro atoms. The van der Waals surface area contributed by atoms with Crippen LogP contribution in [-0.4, -0.2) is 0 Å². The van der Waals surface area contributed by atoms with Gasteiger partial charge in [-0.15, -0.1) is 0 Å². The molecule has 0 saturated heterocycles. The summed E-state index contributed by atoms with van der Waals surface area (Å²) < 4.78 is 0. The molecule has 0 aliphatic heterocycles. The zero-order chi connectivity index (χ0) is 23.8. The van der Waals surface area contributed by atoms with E-state index >= 15 is 0 Å². The van der Waals surface area contributed by atoms with Crippen LogP contribution >= 0.6 is 0 Å². The molecule has 0 heterocycles. The molecule has 0 aromatic heterocycles. The summed E-state index contributed by atoms with van der Waals surface area (Å²) in [5, 5.41) is 0. The molecule has 0 atom stereocenters. The predicted octanol–water partition coefficient (Wildman–Crippen LogP) is 12.4. The minimum Gasteiger partial charge on any atom is -0.0625 e. The van der Waals surface area contributed by atoms with E-state index in [1.165, 1.54) is 173 Å². The van der Waals surface area contributed by atoms with Gasteiger partial charge in [-0.25, -0.2) is 0 Å². The Hall–Kier alpha value is 0. The van der Waals surface area contributed by atoms with Gasteiger partial charge in [0.25, 0.3) is 0 Å². The third-order valence-corrected chi connectivity index (χ3v) is 8.68.